The quantitative estimate of drug-likeness (QED) is 0.121. The van der Waals surface area contributed by atoms with Crippen molar-refractivity contribution in [2.75, 3.05) is 19.6 Å². The topological polar surface area (TPSA) is 13.0 Å². The summed E-state index contributed by atoms with van der Waals surface area (Å²) in [6.45, 7) is 11.6. The fourth-order valence-corrected chi connectivity index (χ4v) is 20.9. The first-order chi connectivity index (χ1) is 56.5. The van der Waals surface area contributed by atoms with Crippen LogP contribution in [0.5, 0.6) is 0 Å². The maximum Gasteiger partial charge on any atom is 0.252 e. The van der Waals surface area contributed by atoms with Crippen molar-refractivity contribution in [1.29, 1.82) is 0 Å². The van der Waals surface area contributed by atoms with Gasteiger partial charge in [-0.25, -0.2) is 0 Å². The van der Waals surface area contributed by atoms with Gasteiger partial charge in [0.1, 0.15) is 0 Å². The zero-order chi connectivity index (χ0) is 76.3. The van der Waals surface area contributed by atoms with E-state index in [1.807, 2.05) is 0 Å². The number of hydrogen-bond donors (Lipinski definition) is 0. The summed E-state index contributed by atoms with van der Waals surface area (Å²) in [5.74, 6) is 0. The minimum Gasteiger partial charge on any atom is -0.311 e. The molecule has 538 valence electrons. The Morgan fingerprint density at radius 1 is 0.226 bits per heavy atom. The van der Waals surface area contributed by atoms with Gasteiger partial charge in [-0.15, -0.1) is 0 Å². The van der Waals surface area contributed by atoms with Crippen molar-refractivity contribution < 1.29 is 0 Å². The Hall–Kier alpha value is -13.9. The Morgan fingerprint density at radius 3 is 0.974 bits per heavy atom. The van der Waals surface area contributed by atoms with Gasteiger partial charge < -0.3 is 19.6 Å². The van der Waals surface area contributed by atoms with Crippen LogP contribution in [0, 0.1) is 0 Å². The van der Waals surface area contributed by atoms with Crippen LogP contribution in [0.1, 0.15) is 51.3 Å². The first-order valence-corrected chi connectivity index (χ1v) is 40.6. The third-order valence-corrected chi connectivity index (χ3v) is 26.3. The number of nitrogens with zero attached hydrogens (tertiary/aromatic N) is 4. The zero-order valence-electron chi connectivity index (χ0n) is 64.7. The molecule has 0 atom stereocenters. The summed E-state index contributed by atoms with van der Waals surface area (Å²) in [7, 11) is 0. The highest BCUT2D eigenvalue weighted by atomic mass is 15.2. The third kappa shape index (κ3) is 9.51. The van der Waals surface area contributed by atoms with Crippen molar-refractivity contribution in [3.05, 3.63) is 387 Å². The van der Waals surface area contributed by atoms with Crippen molar-refractivity contribution in [3.8, 4) is 44.5 Å². The summed E-state index contributed by atoms with van der Waals surface area (Å²) in [6, 6.07) is 142. The summed E-state index contributed by atoms with van der Waals surface area (Å²) >= 11 is 0. The van der Waals surface area contributed by atoms with Crippen LogP contribution in [0.3, 0.4) is 0 Å². The molecule has 0 amide bonds. The van der Waals surface area contributed by atoms with E-state index in [1.165, 1.54) is 170 Å². The first kappa shape index (κ1) is 65.7. The average molecular weight is 1460 g/mol. The maximum atomic E-state index is 2.76. The largest absolute Gasteiger partial charge is 0.311 e. The van der Waals surface area contributed by atoms with Gasteiger partial charge in [-0.1, -0.05) is 338 Å². The second kappa shape index (κ2) is 24.5. The van der Waals surface area contributed by atoms with E-state index in [0.717, 1.165) is 56.4 Å². The summed E-state index contributed by atoms with van der Waals surface area (Å²) in [5, 5.41) is 15.0. The highest BCUT2D eigenvalue weighted by Crippen LogP contribution is 2.57. The lowest BCUT2D eigenvalue weighted by molar-refractivity contribution is 0.590. The molecule has 0 saturated heterocycles. The molecule has 25 rings (SSSR count). The van der Waals surface area contributed by atoms with Gasteiger partial charge in [-0.05, 0) is 209 Å². The predicted molar refractivity (Wildman–Crippen MR) is 492 cm³/mol. The molecule has 0 aromatic heterocycles. The Balaban J connectivity index is 0.862. The van der Waals surface area contributed by atoms with Gasteiger partial charge in [0.15, 0.2) is 0 Å². The van der Waals surface area contributed by atoms with Gasteiger partial charge in [0, 0.05) is 84.5 Å². The molecule has 0 spiro atoms. The first-order valence-electron chi connectivity index (χ1n) is 40.6. The van der Waals surface area contributed by atoms with Gasteiger partial charge in [0.05, 0.1) is 11.4 Å². The number of rotatable bonds is 6. The Morgan fingerprint density at radius 2 is 0.548 bits per heavy atom. The Kier molecular flexibility index (Phi) is 14.0. The normalized spacial score (nSPS) is 13.9. The highest BCUT2D eigenvalue weighted by molar-refractivity contribution is 7.03. The molecule has 6 aliphatic heterocycles. The summed E-state index contributed by atoms with van der Waals surface area (Å²) in [5.41, 5.74) is 33.7. The van der Waals surface area contributed by atoms with Crippen LogP contribution >= 0.6 is 0 Å². The number of hydrogen-bond acceptors (Lipinski definition) is 4. The van der Waals surface area contributed by atoms with E-state index in [9.17, 15) is 0 Å². The Bertz CT molecular complexity index is 7260. The molecule has 4 nitrogen and oxygen atoms in total. The SMILES string of the molecule is CC(C)(C)c1cc2c3c(c1)N(c1c(-c4ccccc4)cccc1-c1ccccc1)c1cc4c(cc1B3c1ccccc1N2c1ccc2c3ccccc3c3ccccc3c2c1)B1c2ccccc2N2c3cc(cc(c31)N4c1ccc3c4ccccc4c4ccccc4c3c1)C(C)(C)c1ccc(cc1)-c1cccc(-c3ccccc3)c12. The smallest absolute Gasteiger partial charge is 0.252 e. The van der Waals surface area contributed by atoms with E-state index in [4.69, 9.17) is 0 Å². The number of para-hydroxylation sites is 4. The fourth-order valence-electron chi connectivity index (χ4n) is 20.9. The van der Waals surface area contributed by atoms with Crippen molar-refractivity contribution in [2.24, 2.45) is 0 Å². The molecule has 6 aliphatic rings. The minimum atomic E-state index is -0.462. The van der Waals surface area contributed by atoms with E-state index >= 15 is 0 Å². The van der Waals surface area contributed by atoms with Crippen molar-refractivity contribution in [1.82, 2.24) is 0 Å². The monoisotopic (exact) mass is 1460 g/mol. The lowest BCUT2D eigenvalue weighted by Gasteiger charge is -2.48. The van der Waals surface area contributed by atoms with E-state index in [0.29, 0.717) is 0 Å². The van der Waals surface area contributed by atoms with Crippen LogP contribution in [0.15, 0.2) is 370 Å². The number of benzene rings is 19. The molecule has 115 heavy (non-hydrogen) atoms. The van der Waals surface area contributed by atoms with E-state index in [2.05, 4.69) is 424 Å². The third-order valence-electron chi connectivity index (χ3n) is 26.3. The molecule has 0 aliphatic carbocycles. The molecule has 0 N–H and O–H groups in total. The second-order valence-corrected chi connectivity index (χ2v) is 33.7. The van der Waals surface area contributed by atoms with Crippen LogP contribution in [0.25, 0.3) is 109 Å². The second-order valence-electron chi connectivity index (χ2n) is 33.7. The summed E-state index contributed by atoms with van der Waals surface area (Å²) < 4.78 is 0. The molecule has 0 radical (unpaired) electrons. The molecular weight excluding hydrogens is 1390 g/mol. The highest BCUT2D eigenvalue weighted by Gasteiger charge is 2.50. The maximum absolute atomic E-state index is 2.76. The Labute approximate surface area is 670 Å². The molecular formula is C109H76B2N4. The molecule has 6 heteroatoms. The van der Waals surface area contributed by atoms with Crippen molar-refractivity contribution in [2.45, 2.75) is 45.4 Å². The molecule has 4 bridgehead atoms. The molecule has 19 aromatic rings. The number of anilines is 12. The molecule has 0 saturated carbocycles. The van der Waals surface area contributed by atoms with Crippen molar-refractivity contribution >= 4 is 179 Å². The van der Waals surface area contributed by atoms with Gasteiger partial charge >= 0.3 is 0 Å². The summed E-state index contributed by atoms with van der Waals surface area (Å²) in [6.07, 6.45) is 0. The van der Waals surface area contributed by atoms with Crippen LogP contribution in [-0.2, 0) is 10.8 Å². The predicted octanol–water partition coefficient (Wildman–Crippen LogP) is 25.4. The van der Waals surface area contributed by atoms with E-state index < -0.39 is 5.41 Å². The van der Waals surface area contributed by atoms with Crippen LogP contribution in [0.4, 0.5) is 68.2 Å². The van der Waals surface area contributed by atoms with Crippen molar-refractivity contribution in [3.63, 3.8) is 0 Å². The fraction of sp³-hybridized carbons (Fsp3) is 0.0642. The standard InChI is InChI=1S/C109H76B2N4/c1-108(2,3)72-59-100-104-102(60-72)115(107-77(68-31-11-7-12-32-68)44-27-45-78(107)69-33-13-8-14-34-69)99-66-98-94(65-95(99)110(104)92-47-23-25-49-96(92)112(100)74-55-57-88-84-39-17-15-35-80(84)82-37-19-21-41-86(82)90(88)63-74)111-93-48-24-26-50-97(93)114-103-62-73(109(4,5)71-53-51-70(52-54-71)79-46-28-43-76(106(79)114)67-29-9-6-10-30-67)61-101(105(103)111)113(98)75-56-58-89-85-40-18-16-36-81(85)83-38-20-22-42-87(83)91(89)64-75/h6-66H,1-5H3. The van der Waals surface area contributed by atoms with Gasteiger partial charge in [0.2, 0.25) is 0 Å². The van der Waals surface area contributed by atoms with Gasteiger partial charge in [-0.3, -0.25) is 0 Å². The lowest BCUT2D eigenvalue weighted by atomic mass is 9.30. The number of fused-ring (bicyclic) bond motifs is 22. The average Bonchev–Trinajstić information content (AvgIpc) is 1.09. The van der Waals surface area contributed by atoms with Crippen LogP contribution < -0.4 is 52.4 Å². The minimum absolute atomic E-state index is 0.239. The lowest BCUT2D eigenvalue weighted by Crippen LogP contribution is -2.65. The summed E-state index contributed by atoms with van der Waals surface area (Å²) in [4.78, 5) is 10.8. The van der Waals surface area contributed by atoms with E-state index in [-0.39, 0.29) is 18.8 Å². The molecule has 0 unspecified atom stereocenters. The molecule has 6 heterocycles. The van der Waals surface area contributed by atoms with Crippen LogP contribution in [-0.4, -0.2) is 13.4 Å². The molecule has 0 fully saturated rings. The van der Waals surface area contributed by atoms with Gasteiger partial charge in [0.25, 0.3) is 13.4 Å². The molecule has 19 aromatic carbocycles. The van der Waals surface area contributed by atoms with Crippen LogP contribution in [0.2, 0.25) is 0 Å². The van der Waals surface area contributed by atoms with Gasteiger partial charge in [-0.2, -0.15) is 0 Å². The zero-order valence-corrected chi connectivity index (χ0v) is 64.7. The van der Waals surface area contributed by atoms with E-state index in [1.54, 1.807) is 0 Å².